The first-order chi connectivity index (χ1) is 7.00. The highest BCUT2D eigenvalue weighted by molar-refractivity contribution is 7.91. The molecule has 1 heterocycles. The Morgan fingerprint density at radius 2 is 2.20 bits per heavy atom. The van der Waals surface area contributed by atoms with E-state index in [2.05, 4.69) is 0 Å². The molecule has 2 N–H and O–H groups in total. The molecule has 0 bridgehead atoms. The molecule has 0 saturated carbocycles. The Labute approximate surface area is 90.2 Å². The lowest BCUT2D eigenvalue weighted by molar-refractivity contribution is 0.600. The van der Waals surface area contributed by atoms with Crippen molar-refractivity contribution in [3.63, 3.8) is 0 Å². The van der Waals surface area contributed by atoms with Gasteiger partial charge in [-0.1, -0.05) is 12.1 Å². The van der Waals surface area contributed by atoms with Crippen LogP contribution in [0, 0.1) is 0 Å². The molecule has 1 atom stereocenters. The van der Waals surface area contributed by atoms with Gasteiger partial charge in [0.1, 0.15) is 0 Å². The van der Waals surface area contributed by atoms with Crippen LogP contribution in [0.4, 0.5) is 0 Å². The maximum absolute atomic E-state index is 11.7. The molecule has 0 amide bonds. The molecule has 15 heavy (non-hydrogen) atoms. The van der Waals surface area contributed by atoms with Crippen molar-refractivity contribution >= 4 is 9.84 Å². The highest BCUT2D eigenvalue weighted by Crippen LogP contribution is 2.28. The van der Waals surface area contributed by atoms with Gasteiger partial charge >= 0.3 is 0 Å². The van der Waals surface area contributed by atoms with Crippen LogP contribution in [-0.4, -0.2) is 20.2 Å². The lowest BCUT2D eigenvalue weighted by Crippen LogP contribution is -2.18. The summed E-state index contributed by atoms with van der Waals surface area (Å²) in [6.07, 6.45) is 1.39. The minimum absolute atomic E-state index is 0.0693. The zero-order chi connectivity index (χ0) is 11.1. The van der Waals surface area contributed by atoms with Gasteiger partial charge in [-0.15, -0.1) is 0 Å². The van der Waals surface area contributed by atoms with Crippen LogP contribution in [0.25, 0.3) is 0 Å². The van der Waals surface area contributed by atoms with Crippen LogP contribution >= 0.6 is 0 Å². The molecule has 0 radical (unpaired) electrons. The SMILES string of the molecule is CC(N)Cc1cccc2c1CCS2(=O)=O. The van der Waals surface area contributed by atoms with E-state index < -0.39 is 9.84 Å². The number of benzene rings is 1. The van der Waals surface area contributed by atoms with E-state index >= 15 is 0 Å². The minimum Gasteiger partial charge on any atom is -0.328 e. The Morgan fingerprint density at radius 3 is 2.87 bits per heavy atom. The van der Waals surface area contributed by atoms with Crippen LogP contribution in [-0.2, 0) is 22.7 Å². The third kappa shape index (κ3) is 1.92. The van der Waals surface area contributed by atoms with Crippen molar-refractivity contribution in [2.45, 2.75) is 30.7 Å². The van der Waals surface area contributed by atoms with Gasteiger partial charge in [-0.25, -0.2) is 8.42 Å². The van der Waals surface area contributed by atoms with Crippen LogP contribution in [0.5, 0.6) is 0 Å². The van der Waals surface area contributed by atoms with Gasteiger partial charge in [0, 0.05) is 6.04 Å². The highest BCUT2D eigenvalue weighted by atomic mass is 32.2. The van der Waals surface area contributed by atoms with E-state index in [9.17, 15) is 8.42 Å². The summed E-state index contributed by atoms with van der Waals surface area (Å²) in [5.41, 5.74) is 7.80. The molecule has 0 aromatic heterocycles. The zero-order valence-corrected chi connectivity index (χ0v) is 9.55. The summed E-state index contributed by atoms with van der Waals surface area (Å²) in [5, 5.41) is 0. The zero-order valence-electron chi connectivity index (χ0n) is 8.73. The summed E-state index contributed by atoms with van der Waals surface area (Å²) in [5.74, 6) is 0.248. The molecule has 0 saturated heterocycles. The van der Waals surface area contributed by atoms with Gasteiger partial charge in [0.15, 0.2) is 9.84 Å². The average Bonchev–Trinajstić information content (AvgIpc) is 2.43. The van der Waals surface area contributed by atoms with Crippen LogP contribution in [0.15, 0.2) is 23.1 Å². The number of nitrogens with two attached hydrogens (primary N) is 1. The van der Waals surface area contributed by atoms with Crippen molar-refractivity contribution in [2.24, 2.45) is 5.73 Å². The molecule has 1 aliphatic heterocycles. The van der Waals surface area contributed by atoms with E-state index in [1.54, 1.807) is 12.1 Å². The van der Waals surface area contributed by atoms with Gasteiger partial charge in [0.05, 0.1) is 10.6 Å². The van der Waals surface area contributed by atoms with Crippen molar-refractivity contribution in [3.8, 4) is 0 Å². The van der Waals surface area contributed by atoms with Crippen molar-refractivity contribution in [2.75, 3.05) is 5.75 Å². The lowest BCUT2D eigenvalue weighted by Gasteiger charge is -2.09. The fourth-order valence-corrected chi connectivity index (χ4v) is 3.66. The highest BCUT2D eigenvalue weighted by Gasteiger charge is 2.27. The van der Waals surface area contributed by atoms with Crippen molar-refractivity contribution in [1.29, 1.82) is 0 Å². The number of fused-ring (bicyclic) bond motifs is 1. The first-order valence-corrected chi connectivity index (χ1v) is 6.75. The summed E-state index contributed by atoms with van der Waals surface area (Å²) in [6.45, 7) is 1.93. The van der Waals surface area contributed by atoms with E-state index in [4.69, 9.17) is 5.73 Å². The molecule has 0 spiro atoms. The Morgan fingerprint density at radius 1 is 1.47 bits per heavy atom. The molecule has 0 fully saturated rings. The Balaban J connectivity index is 2.50. The third-order valence-corrected chi connectivity index (χ3v) is 4.52. The minimum atomic E-state index is -3.00. The predicted octanol–water partition coefficient (Wildman–Crippen LogP) is 0.906. The second-order valence-corrected chi connectivity index (χ2v) is 6.22. The second kappa shape index (κ2) is 3.61. The molecule has 0 aliphatic carbocycles. The van der Waals surface area contributed by atoms with Crippen LogP contribution in [0.3, 0.4) is 0 Å². The Kier molecular flexibility index (Phi) is 2.56. The van der Waals surface area contributed by atoms with Gasteiger partial charge in [0.2, 0.25) is 0 Å². The topological polar surface area (TPSA) is 60.2 Å². The van der Waals surface area contributed by atoms with Gasteiger partial charge in [0.25, 0.3) is 0 Å². The summed E-state index contributed by atoms with van der Waals surface area (Å²) >= 11 is 0. The number of rotatable bonds is 2. The molecule has 82 valence electrons. The molecule has 3 nitrogen and oxygen atoms in total. The molecular weight excluding hydrogens is 210 g/mol. The molecule has 2 rings (SSSR count). The van der Waals surface area contributed by atoms with Crippen molar-refractivity contribution in [3.05, 3.63) is 29.3 Å². The molecule has 1 aliphatic rings. The quantitative estimate of drug-likeness (QED) is 0.813. The third-order valence-electron chi connectivity index (χ3n) is 2.73. The Hall–Kier alpha value is -0.870. The first-order valence-electron chi connectivity index (χ1n) is 5.10. The Bertz CT molecular complexity index is 477. The standard InChI is InChI=1S/C11H15NO2S/c1-8(12)7-9-3-2-4-11-10(9)5-6-15(11,13)14/h2-4,8H,5-7,12H2,1H3. The summed E-state index contributed by atoms with van der Waals surface area (Å²) in [6, 6.07) is 5.55. The van der Waals surface area contributed by atoms with Crippen molar-refractivity contribution < 1.29 is 8.42 Å². The van der Waals surface area contributed by atoms with Gasteiger partial charge in [-0.2, -0.15) is 0 Å². The van der Waals surface area contributed by atoms with Gasteiger partial charge in [-0.3, -0.25) is 0 Å². The summed E-state index contributed by atoms with van der Waals surface area (Å²) in [7, 11) is -3.00. The molecular formula is C11H15NO2S. The van der Waals surface area contributed by atoms with E-state index in [0.717, 1.165) is 17.5 Å². The summed E-state index contributed by atoms with van der Waals surface area (Å²) < 4.78 is 23.3. The fourth-order valence-electron chi connectivity index (χ4n) is 2.07. The van der Waals surface area contributed by atoms with Crippen LogP contribution in [0.1, 0.15) is 18.1 Å². The summed E-state index contributed by atoms with van der Waals surface area (Å²) in [4.78, 5) is 0.514. The molecule has 4 heteroatoms. The van der Waals surface area contributed by atoms with Gasteiger partial charge in [-0.05, 0) is 37.0 Å². The van der Waals surface area contributed by atoms with E-state index in [-0.39, 0.29) is 11.8 Å². The van der Waals surface area contributed by atoms with Crippen LogP contribution in [0.2, 0.25) is 0 Å². The maximum atomic E-state index is 11.7. The predicted molar refractivity (Wildman–Crippen MR) is 59.6 cm³/mol. The second-order valence-electron chi connectivity index (χ2n) is 4.14. The molecule has 1 aromatic rings. The average molecular weight is 225 g/mol. The normalized spacial score (nSPS) is 19.9. The van der Waals surface area contributed by atoms with E-state index in [1.165, 1.54) is 0 Å². The maximum Gasteiger partial charge on any atom is 0.178 e. The largest absolute Gasteiger partial charge is 0.328 e. The molecule has 1 aromatic carbocycles. The van der Waals surface area contributed by atoms with Crippen molar-refractivity contribution in [1.82, 2.24) is 0 Å². The van der Waals surface area contributed by atoms with E-state index in [1.807, 2.05) is 13.0 Å². The monoisotopic (exact) mass is 225 g/mol. The number of hydrogen-bond donors (Lipinski definition) is 1. The van der Waals surface area contributed by atoms with Crippen LogP contribution < -0.4 is 5.73 Å². The molecule has 1 unspecified atom stereocenters. The van der Waals surface area contributed by atoms with Gasteiger partial charge < -0.3 is 5.73 Å². The lowest BCUT2D eigenvalue weighted by atomic mass is 10.00. The smallest absolute Gasteiger partial charge is 0.178 e. The number of sulfone groups is 1. The first kappa shape index (κ1) is 10.6. The fraction of sp³-hybridized carbons (Fsp3) is 0.455. The van der Waals surface area contributed by atoms with E-state index in [0.29, 0.717) is 11.3 Å². The number of hydrogen-bond acceptors (Lipinski definition) is 3.